The van der Waals surface area contributed by atoms with Gasteiger partial charge >= 0.3 is 0 Å². The van der Waals surface area contributed by atoms with Crippen molar-refractivity contribution in [2.45, 2.75) is 51.5 Å². The summed E-state index contributed by atoms with van der Waals surface area (Å²) >= 11 is 0. The first-order valence-electron chi connectivity index (χ1n) is 10.4. The molecule has 26 heavy (non-hydrogen) atoms. The van der Waals surface area contributed by atoms with Gasteiger partial charge in [0.05, 0.1) is 6.61 Å². The van der Waals surface area contributed by atoms with Crippen molar-refractivity contribution in [1.82, 2.24) is 10.2 Å². The number of nitrogens with one attached hydrogen (secondary N) is 1. The molecule has 2 aliphatic rings. The van der Waals surface area contributed by atoms with Crippen LogP contribution in [-0.2, 0) is 4.74 Å². The third kappa shape index (κ3) is 5.55. The fourth-order valence-electron chi connectivity index (χ4n) is 4.53. The molecule has 1 unspecified atom stereocenters. The predicted molar refractivity (Wildman–Crippen MR) is 105 cm³/mol. The zero-order chi connectivity index (χ0) is 18.2. The van der Waals surface area contributed by atoms with E-state index in [1.165, 1.54) is 38.6 Å². The smallest absolute Gasteiger partial charge is 0.251 e. The van der Waals surface area contributed by atoms with Crippen LogP contribution < -0.4 is 5.32 Å². The van der Waals surface area contributed by atoms with Gasteiger partial charge in [0, 0.05) is 31.3 Å². The van der Waals surface area contributed by atoms with Gasteiger partial charge in [-0.05, 0) is 63.1 Å². The van der Waals surface area contributed by atoms with Crippen LogP contribution in [0.4, 0.5) is 0 Å². The maximum atomic E-state index is 12.6. The van der Waals surface area contributed by atoms with Crippen LogP contribution in [-0.4, -0.2) is 49.7 Å². The zero-order valence-corrected chi connectivity index (χ0v) is 16.2. The summed E-state index contributed by atoms with van der Waals surface area (Å²) in [6.07, 6.45) is 7.41. The molecule has 3 atom stereocenters. The Balaban J connectivity index is 1.54. The van der Waals surface area contributed by atoms with Crippen LogP contribution in [0, 0.1) is 11.8 Å². The predicted octanol–water partition coefficient (Wildman–Crippen LogP) is 3.72. The summed E-state index contributed by atoms with van der Waals surface area (Å²) in [4.78, 5) is 15.2. The van der Waals surface area contributed by atoms with E-state index in [0.717, 1.165) is 38.3 Å². The zero-order valence-electron chi connectivity index (χ0n) is 16.2. The standard InChI is InChI=1S/C22H34N2O2/c1-2-26-17-18-9-8-14-24(15-18)16-20-12-6-7-13-21(20)23-22(25)19-10-4-3-5-11-19/h3-5,10-11,18,20-21H,2,6-9,12-17H2,1H3,(H,23,25)/t18?,20-,21+/m1/s1. The average molecular weight is 359 g/mol. The van der Waals surface area contributed by atoms with Crippen molar-refractivity contribution in [3.63, 3.8) is 0 Å². The van der Waals surface area contributed by atoms with E-state index in [-0.39, 0.29) is 5.91 Å². The van der Waals surface area contributed by atoms with Crippen molar-refractivity contribution in [2.75, 3.05) is 32.8 Å². The lowest BCUT2D eigenvalue weighted by molar-refractivity contribution is 0.0548. The average Bonchev–Trinajstić information content (AvgIpc) is 2.69. The van der Waals surface area contributed by atoms with Gasteiger partial charge < -0.3 is 15.0 Å². The molecule has 0 bridgehead atoms. The number of rotatable bonds is 7. The number of nitrogens with zero attached hydrogens (tertiary/aromatic N) is 1. The van der Waals surface area contributed by atoms with Gasteiger partial charge in [0.25, 0.3) is 5.91 Å². The number of piperidine rings is 1. The SMILES string of the molecule is CCOCC1CCCN(C[C@H]2CCCC[C@@H]2NC(=O)c2ccccc2)C1. The maximum absolute atomic E-state index is 12.6. The highest BCUT2D eigenvalue weighted by atomic mass is 16.5. The number of carbonyl (C=O) groups excluding carboxylic acids is 1. The van der Waals surface area contributed by atoms with E-state index in [2.05, 4.69) is 17.1 Å². The molecule has 1 saturated carbocycles. The highest BCUT2D eigenvalue weighted by molar-refractivity contribution is 5.94. The lowest BCUT2D eigenvalue weighted by Crippen LogP contribution is -2.48. The van der Waals surface area contributed by atoms with Gasteiger partial charge in [0.1, 0.15) is 0 Å². The summed E-state index contributed by atoms with van der Waals surface area (Å²) in [5.41, 5.74) is 0.770. The number of benzene rings is 1. The molecular formula is C22H34N2O2. The monoisotopic (exact) mass is 358 g/mol. The van der Waals surface area contributed by atoms with Crippen LogP contribution >= 0.6 is 0 Å². The Morgan fingerprint density at radius 1 is 1.15 bits per heavy atom. The topological polar surface area (TPSA) is 41.6 Å². The summed E-state index contributed by atoms with van der Waals surface area (Å²) in [5, 5.41) is 3.33. The fraction of sp³-hybridized carbons (Fsp3) is 0.682. The van der Waals surface area contributed by atoms with Crippen molar-refractivity contribution >= 4 is 5.91 Å². The van der Waals surface area contributed by atoms with Gasteiger partial charge in [-0.15, -0.1) is 0 Å². The van der Waals surface area contributed by atoms with E-state index >= 15 is 0 Å². The minimum Gasteiger partial charge on any atom is -0.381 e. The molecule has 4 nitrogen and oxygen atoms in total. The molecule has 0 spiro atoms. The fourth-order valence-corrected chi connectivity index (χ4v) is 4.53. The largest absolute Gasteiger partial charge is 0.381 e. The molecule has 2 fully saturated rings. The van der Waals surface area contributed by atoms with Gasteiger partial charge in [-0.1, -0.05) is 31.0 Å². The number of hydrogen-bond donors (Lipinski definition) is 1. The first-order valence-corrected chi connectivity index (χ1v) is 10.4. The first kappa shape index (κ1) is 19.4. The molecule has 1 aliphatic carbocycles. The minimum absolute atomic E-state index is 0.0790. The Morgan fingerprint density at radius 3 is 2.77 bits per heavy atom. The molecule has 144 valence electrons. The molecular weight excluding hydrogens is 324 g/mol. The second-order valence-corrected chi connectivity index (χ2v) is 7.92. The Labute approximate surface area is 158 Å². The van der Waals surface area contributed by atoms with Crippen molar-refractivity contribution < 1.29 is 9.53 Å². The Kier molecular flexibility index (Phi) is 7.51. The number of ether oxygens (including phenoxy) is 1. The van der Waals surface area contributed by atoms with Crippen molar-refractivity contribution in [3.05, 3.63) is 35.9 Å². The van der Waals surface area contributed by atoms with Crippen molar-refractivity contribution in [3.8, 4) is 0 Å². The second-order valence-electron chi connectivity index (χ2n) is 7.92. The number of hydrogen-bond acceptors (Lipinski definition) is 3. The van der Waals surface area contributed by atoms with Crippen LogP contribution in [0.5, 0.6) is 0 Å². The van der Waals surface area contributed by atoms with Gasteiger partial charge in [0.2, 0.25) is 0 Å². The lowest BCUT2D eigenvalue weighted by Gasteiger charge is -2.39. The normalized spacial score (nSPS) is 27.2. The molecule has 4 heteroatoms. The van der Waals surface area contributed by atoms with Crippen molar-refractivity contribution in [1.29, 1.82) is 0 Å². The molecule has 0 aromatic heterocycles. The van der Waals surface area contributed by atoms with E-state index < -0.39 is 0 Å². The summed E-state index contributed by atoms with van der Waals surface area (Å²) < 4.78 is 5.65. The van der Waals surface area contributed by atoms with E-state index in [1.54, 1.807) is 0 Å². The number of carbonyl (C=O) groups is 1. The van der Waals surface area contributed by atoms with E-state index in [4.69, 9.17) is 4.74 Å². The van der Waals surface area contributed by atoms with E-state index in [1.807, 2.05) is 30.3 Å². The summed E-state index contributed by atoms with van der Waals surface area (Å²) in [5.74, 6) is 1.32. The Hall–Kier alpha value is -1.39. The number of amides is 1. The van der Waals surface area contributed by atoms with Crippen LogP contribution in [0.15, 0.2) is 30.3 Å². The summed E-state index contributed by atoms with van der Waals surface area (Å²) in [6, 6.07) is 9.92. The highest BCUT2D eigenvalue weighted by Gasteiger charge is 2.30. The van der Waals surface area contributed by atoms with Crippen LogP contribution in [0.25, 0.3) is 0 Å². The molecule has 0 radical (unpaired) electrons. The molecule has 1 aromatic rings. The Morgan fingerprint density at radius 2 is 1.96 bits per heavy atom. The first-order chi connectivity index (χ1) is 12.8. The van der Waals surface area contributed by atoms with E-state index in [0.29, 0.717) is 17.9 Å². The minimum atomic E-state index is 0.0790. The van der Waals surface area contributed by atoms with Crippen LogP contribution in [0.1, 0.15) is 55.8 Å². The summed E-state index contributed by atoms with van der Waals surface area (Å²) in [7, 11) is 0. The quantitative estimate of drug-likeness (QED) is 0.808. The molecule has 3 rings (SSSR count). The molecule has 1 aliphatic heterocycles. The van der Waals surface area contributed by atoms with Crippen molar-refractivity contribution in [2.24, 2.45) is 11.8 Å². The van der Waals surface area contributed by atoms with Crippen LogP contribution in [0.3, 0.4) is 0 Å². The number of likely N-dealkylation sites (tertiary alicyclic amines) is 1. The second kappa shape index (κ2) is 10.1. The highest BCUT2D eigenvalue weighted by Crippen LogP contribution is 2.27. The maximum Gasteiger partial charge on any atom is 0.251 e. The molecule has 1 N–H and O–H groups in total. The van der Waals surface area contributed by atoms with Crippen LogP contribution in [0.2, 0.25) is 0 Å². The lowest BCUT2D eigenvalue weighted by atomic mass is 9.83. The van der Waals surface area contributed by atoms with Gasteiger partial charge in [-0.2, -0.15) is 0 Å². The molecule has 1 heterocycles. The van der Waals surface area contributed by atoms with Gasteiger partial charge in [-0.3, -0.25) is 4.79 Å². The third-order valence-electron chi connectivity index (χ3n) is 5.92. The Bertz CT molecular complexity index is 548. The third-order valence-corrected chi connectivity index (χ3v) is 5.92. The molecule has 1 amide bonds. The van der Waals surface area contributed by atoms with E-state index in [9.17, 15) is 4.79 Å². The molecule has 1 aromatic carbocycles. The van der Waals surface area contributed by atoms with Gasteiger partial charge in [0.15, 0.2) is 0 Å². The van der Waals surface area contributed by atoms with Gasteiger partial charge in [-0.25, -0.2) is 0 Å². The summed E-state index contributed by atoms with van der Waals surface area (Å²) in [6.45, 7) is 7.23. The molecule has 1 saturated heterocycles.